The van der Waals surface area contributed by atoms with Crippen LogP contribution in [0.1, 0.15) is 13.3 Å². The first-order chi connectivity index (χ1) is 3.70. The van der Waals surface area contributed by atoms with E-state index in [-0.39, 0.29) is 18.2 Å². The zero-order chi connectivity index (χ0) is 6.15. The second kappa shape index (κ2) is 1.58. The van der Waals surface area contributed by atoms with Crippen LogP contribution in [0.4, 0.5) is 0 Å². The van der Waals surface area contributed by atoms with E-state index >= 15 is 0 Å². The molecule has 1 unspecified atom stereocenters. The fourth-order valence-corrected chi connectivity index (χ4v) is 0.527. The lowest BCUT2D eigenvalue weighted by Crippen LogP contribution is -2.37. The Labute approximate surface area is 46.6 Å². The summed E-state index contributed by atoms with van der Waals surface area (Å²) in [5, 5.41) is 0. The molecule has 0 saturated carbocycles. The van der Waals surface area contributed by atoms with Crippen LogP contribution in [0, 0.1) is 0 Å². The Bertz CT molecular complexity index is 131. The molecule has 1 heterocycles. The number of cyclic esters (lactones) is 1. The van der Waals surface area contributed by atoms with E-state index in [2.05, 4.69) is 4.74 Å². The molecule has 0 spiro atoms. The van der Waals surface area contributed by atoms with Crippen LogP contribution in [0.2, 0.25) is 0 Å². The molecule has 0 aromatic heterocycles. The van der Waals surface area contributed by atoms with Crippen molar-refractivity contribution < 1.29 is 14.3 Å². The highest BCUT2D eigenvalue weighted by atomic mass is 16.6. The van der Waals surface area contributed by atoms with E-state index in [0.29, 0.717) is 0 Å². The second-order valence-corrected chi connectivity index (χ2v) is 1.79. The Morgan fingerprint density at radius 2 is 2.38 bits per heavy atom. The normalized spacial score (nSPS) is 26.1. The molecule has 44 valence electrons. The van der Waals surface area contributed by atoms with Crippen LogP contribution in [-0.2, 0) is 14.3 Å². The summed E-state index contributed by atoms with van der Waals surface area (Å²) in [6.45, 7) is 1.41. The fraction of sp³-hybridized carbons (Fsp3) is 0.600. The van der Waals surface area contributed by atoms with Gasteiger partial charge in [0.2, 0.25) is 0 Å². The van der Waals surface area contributed by atoms with Crippen molar-refractivity contribution in [1.82, 2.24) is 0 Å². The molecule has 0 aromatic rings. The van der Waals surface area contributed by atoms with Gasteiger partial charge >= 0.3 is 5.97 Å². The first-order valence-electron chi connectivity index (χ1n) is 2.40. The Morgan fingerprint density at radius 1 is 1.88 bits per heavy atom. The molecule has 1 aliphatic rings. The molecule has 3 heteroatoms. The predicted molar refractivity (Wildman–Crippen MR) is 25.2 cm³/mol. The molecule has 1 fully saturated rings. The molecule has 3 nitrogen and oxygen atoms in total. The van der Waals surface area contributed by atoms with Crippen molar-refractivity contribution in [3.8, 4) is 0 Å². The fourth-order valence-electron chi connectivity index (χ4n) is 0.527. The summed E-state index contributed by atoms with van der Waals surface area (Å²) in [7, 11) is 0. The van der Waals surface area contributed by atoms with Crippen molar-refractivity contribution in [2.45, 2.75) is 19.4 Å². The molecule has 1 aliphatic heterocycles. The molecule has 0 aliphatic carbocycles. The Balaban J connectivity index is 2.35. The van der Waals surface area contributed by atoms with Crippen molar-refractivity contribution in [3.05, 3.63) is 0 Å². The molecular weight excluding hydrogens is 108 g/mol. The van der Waals surface area contributed by atoms with Crippen LogP contribution in [0.5, 0.6) is 0 Å². The molecule has 0 aromatic carbocycles. The van der Waals surface area contributed by atoms with Crippen LogP contribution in [0.3, 0.4) is 0 Å². The van der Waals surface area contributed by atoms with Crippen LogP contribution in [0.15, 0.2) is 0 Å². The number of carbonyl (C=O) groups is 2. The third-order valence-electron chi connectivity index (χ3n) is 1.08. The Hall–Kier alpha value is -0.860. The van der Waals surface area contributed by atoms with Gasteiger partial charge in [0.25, 0.3) is 0 Å². The maximum Gasteiger partial charge on any atom is 0.310 e. The van der Waals surface area contributed by atoms with Gasteiger partial charge in [0.1, 0.15) is 0 Å². The topological polar surface area (TPSA) is 43.4 Å². The van der Waals surface area contributed by atoms with E-state index in [9.17, 15) is 9.59 Å². The number of rotatable bonds is 1. The van der Waals surface area contributed by atoms with Crippen molar-refractivity contribution in [2.24, 2.45) is 0 Å². The van der Waals surface area contributed by atoms with Crippen LogP contribution in [0.25, 0.3) is 0 Å². The first kappa shape index (κ1) is 5.28. The lowest BCUT2D eigenvalue weighted by molar-refractivity contribution is -0.173. The first-order valence-corrected chi connectivity index (χ1v) is 2.40. The third-order valence-corrected chi connectivity index (χ3v) is 1.08. The number of hydrogen-bond acceptors (Lipinski definition) is 3. The highest BCUT2D eigenvalue weighted by Gasteiger charge is 2.31. The molecule has 1 rings (SSSR count). The van der Waals surface area contributed by atoms with Crippen molar-refractivity contribution >= 4 is 11.8 Å². The maximum absolute atomic E-state index is 10.3. The minimum absolute atomic E-state index is 0.0652. The number of ether oxygens (including phenoxy) is 1. The minimum atomic E-state index is -0.428. The van der Waals surface area contributed by atoms with E-state index < -0.39 is 6.10 Å². The van der Waals surface area contributed by atoms with Gasteiger partial charge in [-0.2, -0.15) is 0 Å². The monoisotopic (exact) mass is 114 g/mol. The number of esters is 1. The number of ketones is 1. The maximum atomic E-state index is 10.3. The van der Waals surface area contributed by atoms with Gasteiger partial charge in [-0.25, -0.2) is 0 Å². The standard InChI is InChI=1S/C5H6O3/c1-3(6)4-2-5(7)8-4/h4H,2H2,1H3. The summed E-state index contributed by atoms with van der Waals surface area (Å²) in [6, 6.07) is 0. The molecule has 1 atom stereocenters. The summed E-state index contributed by atoms with van der Waals surface area (Å²) in [6.07, 6.45) is -0.155. The van der Waals surface area contributed by atoms with Crippen molar-refractivity contribution in [3.63, 3.8) is 0 Å². The van der Waals surface area contributed by atoms with E-state index in [0.717, 1.165) is 0 Å². The summed E-state index contributed by atoms with van der Waals surface area (Å²) in [4.78, 5) is 20.3. The highest BCUT2D eigenvalue weighted by Crippen LogP contribution is 2.12. The molecule has 0 bridgehead atoms. The zero-order valence-electron chi connectivity index (χ0n) is 4.51. The molecular formula is C5H6O3. The van der Waals surface area contributed by atoms with E-state index in [1.807, 2.05) is 0 Å². The molecule has 0 amide bonds. The highest BCUT2D eigenvalue weighted by molar-refractivity contribution is 5.91. The number of Topliss-reactive ketones (excluding diaryl/α,β-unsaturated/α-hetero) is 1. The summed E-state index contributed by atoms with van der Waals surface area (Å²) in [5.74, 6) is -0.338. The van der Waals surface area contributed by atoms with Gasteiger partial charge < -0.3 is 4.74 Å². The Morgan fingerprint density at radius 3 is 2.50 bits per heavy atom. The smallest absolute Gasteiger partial charge is 0.310 e. The van der Waals surface area contributed by atoms with Gasteiger partial charge in [0, 0.05) is 0 Å². The predicted octanol–water partition coefficient (Wildman–Crippen LogP) is -0.109. The van der Waals surface area contributed by atoms with E-state index in [1.165, 1.54) is 6.92 Å². The number of hydrogen-bond donors (Lipinski definition) is 0. The van der Waals surface area contributed by atoms with E-state index in [1.54, 1.807) is 0 Å². The quantitative estimate of drug-likeness (QED) is 0.447. The lowest BCUT2D eigenvalue weighted by atomic mass is 10.1. The summed E-state index contributed by atoms with van der Waals surface area (Å²) >= 11 is 0. The van der Waals surface area contributed by atoms with Crippen LogP contribution < -0.4 is 0 Å². The molecule has 0 radical (unpaired) electrons. The van der Waals surface area contributed by atoms with Gasteiger partial charge in [0.15, 0.2) is 11.9 Å². The van der Waals surface area contributed by atoms with Crippen molar-refractivity contribution in [2.75, 3.05) is 0 Å². The van der Waals surface area contributed by atoms with E-state index in [4.69, 9.17) is 0 Å². The SMILES string of the molecule is CC(=O)C1CC(=O)O1. The molecule has 8 heavy (non-hydrogen) atoms. The molecule has 1 saturated heterocycles. The third kappa shape index (κ3) is 0.710. The van der Waals surface area contributed by atoms with Gasteiger partial charge in [-0.05, 0) is 6.92 Å². The van der Waals surface area contributed by atoms with Gasteiger partial charge in [-0.15, -0.1) is 0 Å². The van der Waals surface area contributed by atoms with Crippen LogP contribution in [-0.4, -0.2) is 17.9 Å². The van der Waals surface area contributed by atoms with Gasteiger partial charge in [-0.1, -0.05) is 0 Å². The second-order valence-electron chi connectivity index (χ2n) is 1.79. The average Bonchev–Trinajstić information content (AvgIpc) is 1.57. The summed E-state index contributed by atoms with van der Waals surface area (Å²) in [5.41, 5.74) is 0. The molecule has 0 N–H and O–H groups in total. The largest absolute Gasteiger partial charge is 0.454 e. The van der Waals surface area contributed by atoms with Gasteiger partial charge in [0.05, 0.1) is 6.42 Å². The zero-order valence-corrected chi connectivity index (χ0v) is 4.51. The average molecular weight is 114 g/mol. The van der Waals surface area contributed by atoms with Crippen molar-refractivity contribution in [1.29, 1.82) is 0 Å². The van der Waals surface area contributed by atoms with Gasteiger partial charge in [-0.3, -0.25) is 9.59 Å². The summed E-state index contributed by atoms with van der Waals surface area (Å²) < 4.78 is 4.41. The van der Waals surface area contributed by atoms with Crippen LogP contribution >= 0.6 is 0 Å². The Kier molecular flexibility index (Phi) is 1.04. The number of carbonyl (C=O) groups excluding carboxylic acids is 2. The lowest BCUT2D eigenvalue weighted by Gasteiger charge is -2.22. The minimum Gasteiger partial charge on any atom is -0.454 e.